The molecule has 0 aliphatic carbocycles. The van der Waals surface area contributed by atoms with E-state index in [1.807, 2.05) is 51.1 Å². The minimum absolute atomic E-state index is 0.213. The van der Waals surface area contributed by atoms with Gasteiger partial charge in [-0.25, -0.2) is 4.79 Å². The number of nitrogens with zero attached hydrogens (tertiary/aromatic N) is 1. The fourth-order valence-electron chi connectivity index (χ4n) is 3.54. The summed E-state index contributed by atoms with van der Waals surface area (Å²) in [5, 5.41) is 2.90. The minimum Gasteiger partial charge on any atom is -0.452 e. The van der Waals surface area contributed by atoms with Gasteiger partial charge in [0.05, 0.1) is 5.92 Å². The largest absolute Gasteiger partial charge is 0.452 e. The molecule has 0 bridgehead atoms. The number of likely N-dealkylation sites (tertiary alicyclic amines) is 1. The molecule has 0 unspecified atom stereocenters. The minimum atomic E-state index is -0.857. The summed E-state index contributed by atoms with van der Waals surface area (Å²) in [7, 11) is 0. The van der Waals surface area contributed by atoms with Crippen LogP contribution in [0.5, 0.6) is 0 Å². The van der Waals surface area contributed by atoms with Crippen molar-refractivity contribution in [2.45, 2.75) is 71.5 Å². The van der Waals surface area contributed by atoms with E-state index in [1.54, 1.807) is 11.8 Å². The van der Waals surface area contributed by atoms with E-state index in [0.29, 0.717) is 32.5 Å². The van der Waals surface area contributed by atoms with Crippen LogP contribution in [0.25, 0.3) is 0 Å². The average molecular weight is 433 g/mol. The standard InChI is InChI=1S/C24H36N2O5/c1-6-18(19-10-8-7-9-11-19)16-25-21(27)17(2)30-22(28)20-12-14-26(15-13-20)23(29)31-24(3,4)5/h7-11,17-18,20H,6,12-16H2,1-5H3,(H,25,27)/t17-,18+/m0/s1. The average Bonchev–Trinajstić information content (AvgIpc) is 2.73. The zero-order chi connectivity index (χ0) is 23.0. The summed E-state index contributed by atoms with van der Waals surface area (Å²) in [6.07, 6.45) is 0.673. The summed E-state index contributed by atoms with van der Waals surface area (Å²) in [5.74, 6) is -0.789. The van der Waals surface area contributed by atoms with Gasteiger partial charge in [0.2, 0.25) is 0 Å². The van der Waals surface area contributed by atoms with E-state index in [9.17, 15) is 14.4 Å². The van der Waals surface area contributed by atoms with Gasteiger partial charge in [-0.2, -0.15) is 0 Å². The number of esters is 1. The first kappa shape index (κ1) is 24.7. The van der Waals surface area contributed by atoms with E-state index < -0.39 is 11.7 Å². The number of nitrogens with one attached hydrogen (secondary N) is 1. The van der Waals surface area contributed by atoms with Gasteiger partial charge in [0, 0.05) is 25.6 Å². The molecule has 7 heteroatoms. The van der Waals surface area contributed by atoms with Gasteiger partial charge in [-0.1, -0.05) is 37.3 Å². The van der Waals surface area contributed by atoms with Crippen molar-refractivity contribution in [2.75, 3.05) is 19.6 Å². The summed E-state index contributed by atoms with van der Waals surface area (Å²) in [6.45, 7) is 10.5. The lowest BCUT2D eigenvalue weighted by atomic mass is 9.96. The Balaban J connectivity index is 1.76. The molecule has 1 fully saturated rings. The molecular weight excluding hydrogens is 396 g/mol. The zero-order valence-corrected chi connectivity index (χ0v) is 19.3. The summed E-state index contributed by atoms with van der Waals surface area (Å²) in [4.78, 5) is 38.7. The van der Waals surface area contributed by atoms with Crippen LogP contribution in [0.15, 0.2) is 30.3 Å². The van der Waals surface area contributed by atoms with Gasteiger partial charge in [0.1, 0.15) is 5.60 Å². The number of hydrogen-bond donors (Lipinski definition) is 1. The second kappa shape index (κ2) is 11.2. The first-order valence-corrected chi connectivity index (χ1v) is 11.1. The molecule has 7 nitrogen and oxygen atoms in total. The first-order valence-electron chi connectivity index (χ1n) is 11.1. The first-order chi connectivity index (χ1) is 14.6. The van der Waals surface area contributed by atoms with Gasteiger partial charge in [0.25, 0.3) is 5.91 Å². The Hall–Kier alpha value is -2.57. The predicted molar refractivity (Wildman–Crippen MR) is 119 cm³/mol. The highest BCUT2D eigenvalue weighted by Crippen LogP contribution is 2.22. The van der Waals surface area contributed by atoms with Crippen molar-refractivity contribution in [2.24, 2.45) is 5.92 Å². The molecule has 2 amide bonds. The molecule has 0 saturated carbocycles. The molecule has 1 aromatic carbocycles. The van der Waals surface area contributed by atoms with E-state index in [4.69, 9.17) is 9.47 Å². The highest BCUT2D eigenvalue weighted by Gasteiger charge is 2.32. The third-order valence-electron chi connectivity index (χ3n) is 5.43. The number of carbonyl (C=O) groups excluding carboxylic acids is 3. The van der Waals surface area contributed by atoms with Crippen molar-refractivity contribution < 1.29 is 23.9 Å². The third-order valence-corrected chi connectivity index (χ3v) is 5.43. The van der Waals surface area contributed by atoms with E-state index in [2.05, 4.69) is 12.2 Å². The molecule has 0 radical (unpaired) electrons. The monoisotopic (exact) mass is 432 g/mol. The van der Waals surface area contributed by atoms with Crippen molar-refractivity contribution in [3.63, 3.8) is 0 Å². The lowest BCUT2D eigenvalue weighted by Crippen LogP contribution is -2.44. The van der Waals surface area contributed by atoms with Crippen LogP contribution < -0.4 is 5.32 Å². The van der Waals surface area contributed by atoms with Crippen LogP contribution in [0.3, 0.4) is 0 Å². The topological polar surface area (TPSA) is 84.9 Å². The molecule has 1 N–H and O–H groups in total. The van der Waals surface area contributed by atoms with Gasteiger partial charge >= 0.3 is 12.1 Å². The summed E-state index contributed by atoms with van der Waals surface area (Å²) >= 11 is 0. The lowest BCUT2D eigenvalue weighted by Gasteiger charge is -2.32. The Morgan fingerprint density at radius 2 is 1.74 bits per heavy atom. The third kappa shape index (κ3) is 7.89. The van der Waals surface area contributed by atoms with Crippen molar-refractivity contribution in [3.05, 3.63) is 35.9 Å². The number of hydrogen-bond acceptors (Lipinski definition) is 5. The van der Waals surface area contributed by atoms with Crippen LogP contribution in [-0.2, 0) is 19.1 Å². The van der Waals surface area contributed by atoms with E-state index in [1.165, 1.54) is 5.56 Å². The predicted octanol–water partition coefficient (Wildman–Crippen LogP) is 3.88. The molecule has 172 valence electrons. The molecule has 2 atom stereocenters. The maximum Gasteiger partial charge on any atom is 0.410 e. The number of carbonyl (C=O) groups is 3. The SMILES string of the molecule is CC[C@H](CNC(=O)[C@H](C)OC(=O)C1CCN(C(=O)OC(C)(C)C)CC1)c1ccccc1. The van der Waals surface area contributed by atoms with Crippen molar-refractivity contribution in [3.8, 4) is 0 Å². The fraction of sp³-hybridized carbons (Fsp3) is 0.625. The summed E-state index contributed by atoms with van der Waals surface area (Å²) in [5.41, 5.74) is 0.624. The Kier molecular flexibility index (Phi) is 8.89. The van der Waals surface area contributed by atoms with Crippen LogP contribution in [-0.4, -0.2) is 54.2 Å². The van der Waals surface area contributed by atoms with E-state index >= 15 is 0 Å². The van der Waals surface area contributed by atoms with Gasteiger partial charge < -0.3 is 19.7 Å². The Bertz CT molecular complexity index is 736. The second-order valence-electron chi connectivity index (χ2n) is 9.08. The number of rotatable bonds is 7. The van der Waals surface area contributed by atoms with Gasteiger partial charge in [0.15, 0.2) is 6.10 Å². The molecule has 1 saturated heterocycles. The molecule has 1 heterocycles. The Labute approximate surface area is 185 Å². The summed E-state index contributed by atoms with van der Waals surface area (Å²) < 4.78 is 10.8. The molecule has 2 rings (SSSR count). The van der Waals surface area contributed by atoms with Crippen LogP contribution >= 0.6 is 0 Å². The maximum absolute atomic E-state index is 12.5. The van der Waals surface area contributed by atoms with Crippen molar-refractivity contribution in [1.82, 2.24) is 10.2 Å². The maximum atomic E-state index is 12.5. The summed E-state index contributed by atoms with van der Waals surface area (Å²) in [6, 6.07) is 10.0. The van der Waals surface area contributed by atoms with Crippen LogP contribution in [0.4, 0.5) is 4.79 Å². The van der Waals surface area contributed by atoms with Crippen LogP contribution in [0.1, 0.15) is 65.4 Å². The normalized spacial score (nSPS) is 16.9. The molecular formula is C24H36N2O5. The Morgan fingerprint density at radius 3 is 2.29 bits per heavy atom. The quantitative estimate of drug-likeness (QED) is 0.661. The number of piperidine rings is 1. The van der Waals surface area contributed by atoms with E-state index in [-0.39, 0.29) is 29.8 Å². The van der Waals surface area contributed by atoms with Gasteiger partial charge in [-0.3, -0.25) is 9.59 Å². The van der Waals surface area contributed by atoms with Gasteiger partial charge in [-0.15, -0.1) is 0 Å². The van der Waals surface area contributed by atoms with Crippen LogP contribution in [0.2, 0.25) is 0 Å². The highest BCUT2D eigenvalue weighted by molar-refractivity contribution is 5.84. The molecule has 1 aliphatic heterocycles. The number of benzene rings is 1. The molecule has 1 aromatic rings. The zero-order valence-electron chi connectivity index (χ0n) is 19.3. The molecule has 0 spiro atoms. The number of ether oxygens (including phenoxy) is 2. The smallest absolute Gasteiger partial charge is 0.410 e. The molecule has 31 heavy (non-hydrogen) atoms. The molecule has 1 aliphatic rings. The lowest BCUT2D eigenvalue weighted by molar-refractivity contribution is -0.160. The van der Waals surface area contributed by atoms with Crippen molar-refractivity contribution >= 4 is 18.0 Å². The fourth-order valence-corrected chi connectivity index (χ4v) is 3.54. The van der Waals surface area contributed by atoms with Gasteiger partial charge in [-0.05, 0) is 52.5 Å². The Morgan fingerprint density at radius 1 is 1.13 bits per heavy atom. The molecule has 0 aromatic heterocycles. The number of amides is 2. The highest BCUT2D eigenvalue weighted by atomic mass is 16.6. The van der Waals surface area contributed by atoms with Crippen molar-refractivity contribution in [1.29, 1.82) is 0 Å². The van der Waals surface area contributed by atoms with Crippen LogP contribution in [0, 0.1) is 5.92 Å². The second-order valence-corrected chi connectivity index (χ2v) is 9.08. The van der Waals surface area contributed by atoms with E-state index in [0.717, 1.165) is 6.42 Å².